The van der Waals surface area contributed by atoms with Crippen LogP contribution in [0.5, 0.6) is 0 Å². The molecule has 98 valence electrons. The summed E-state index contributed by atoms with van der Waals surface area (Å²) in [5, 5.41) is 4.00. The second kappa shape index (κ2) is 5.36. The Morgan fingerprint density at radius 1 is 1.37 bits per heavy atom. The van der Waals surface area contributed by atoms with Crippen molar-refractivity contribution in [1.82, 2.24) is 9.78 Å². The van der Waals surface area contributed by atoms with Crippen molar-refractivity contribution in [3.8, 4) is 5.69 Å². The van der Waals surface area contributed by atoms with E-state index < -0.39 is 11.4 Å². The lowest BCUT2D eigenvalue weighted by Gasteiger charge is -2.09. The van der Waals surface area contributed by atoms with Crippen LogP contribution >= 0.6 is 15.9 Å². The van der Waals surface area contributed by atoms with Gasteiger partial charge in [0.1, 0.15) is 0 Å². The molecule has 0 aliphatic rings. The fourth-order valence-electron chi connectivity index (χ4n) is 1.58. The van der Waals surface area contributed by atoms with Crippen molar-refractivity contribution in [2.75, 3.05) is 7.11 Å². The first-order chi connectivity index (χ1) is 9.02. The molecule has 2 aromatic rings. The van der Waals surface area contributed by atoms with Gasteiger partial charge in [-0.15, -0.1) is 0 Å². The molecule has 5 nitrogen and oxygen atoms in total. The van der Waals surface area contributed by atoms with Crippen molar-refractivity contribution in [3.05, 3.63) is 56.4 Å². The number of benzene rings is 1. The topological polar surface area (TPSA) is 61.2 Å². The summed E-state index contributed by atoms with van der Waals surface area (Å²) >= 11 is 3.43. The maximum atomic E-state index is 11.6. The minimum atomic E-state index is -0.748. The predicted molar refractivity (Wildman–Crippen MR) is 73.6 cm³/mol. The zero-order valence-corrected chi connectivity index (χ0v) is 12.0. The van der Waals surface area contributed by atoms with Gasteiger partial charge in [-0.05, 0) is 40.5 Å². The summed E-state index contributed by atoms with van der Waals surface area (Å²) < 4.78 is 6.81. The van der Waals surface area contributed by atoms with E-state index in [4.69, 9.17) is 0 Å². The molecule has 0 fully saturated rings. The normalized spacial score (nSPS) is 10.3. The largest absolute Gasteiger partial charge is 0.464 e. The number of methoxy groups -OCH3 is 1. The maximum Gasteiger partial charge on any atom is 0.362 e. The summed E-state index contributed by atoms with van der Waals surface area (Å²) in [5.41, 5.74) is 1.12. The lowest BCUT2D eigenvalue weighted by molar-refractivity contribution is 0.0590. The monoisotopic (exact) mass is 322 g/mol. The van der Waals surface area contributed by atoms with Gasteiger partial charge in [0.25, 0.3) is 0 Å². The second-order valence-corrected chi connectivity index (χ2v) is 4.77. The Labute approximate surface area is 118 Å². The van der Waals surface area contributed by atoms with E-state index in [-0.39, 0.29) is 5.69 Å². The molecule has 1 aromatic carbocycles. The minimum absolute atomic E-state index is 0.238. The molecule has 0 amide bonds. The number of rotatable bonds is 2. The average Bonchev–Trinajstić information content (AvgIpc) is 2.39. The molecule has 0 spiro atoms. The van der Waals surface area contributed by atoms with Crippen LogP contribution in [-0.2, 0) is 4.74 Å². The van der Waals surface area contributed by atoms with E-state index in [2.05, 4.69) is 25.8 Å². The SMILES string of the molecule is COC(=O)c1nn(-c2ccc(C)cc2Br)ccc1=O. The number of halogens is 1. The molecule has 0 atom stereocenters. The quantitative estimate of drug-likeness (QED) is 0.794. The lowest BCUT2D eigenvalue weighted by Crippen LogP contribution is -2.21. The van der Waals surface area contributed by atoms with Gasteiger partial charge in [-0.1, -0.05) is 6.07 Å². The number of esters is 1. The van der Waals surface area contributed by atoms with Crippen molar-refractivity contribution < 1.29 is 9.53 Å². The third-order valence-corrected chi connectivity index (χ3v) is 3.17. The highest BCUT2D eigenvalue weighted by atomic mass is 79.9. The molecule has 0 N–H and O–H groups in total. The number of hydrogen-bond acceptors (Lipinski definition) is 4. The van der Waals surface area contributed by atoms with Gasteiger partial charge >= 0.3 is 5.97 Å². The van der Waals surface area contributed by atoms with E-state index in [1.807, 2.05) is 25.1 Å². The number of carbonyl (C=O) groups is 1. The van der Waals surface area contributed by atoms with E-state index in [0.29, 0.717) is 0 Å². The van der Waals surface area contributed by atoms with Gasteiger partial charge in [0.15, 0.2) is 0 Å². The smallest absolute Gasteiger partial charge is 0.362 e. The average molecular weight is 323 g/mol. The first-order valence-corrected chi connectivity index (χ1v) is 6.27. The highest BCUT2D eigenvalue weighted by molar-refractivity contribution is 9.10. The van der Waals surface area contributed by atoms with E-state index in [9.17, 15) is 9.59 Å². The van der Waals surface area contributed by atoms with Crippen molar-refractivity contribution >= 4 is 21.9 Å². The Kier molecular flexibility index (Phi) is 3.80. The van der Waals surface area contributed by atoms with Crippen molar-refractivity contribution in [3.63, 3.8) is 0 Å². The summed E-state index contributed by atoms with van der Waals surface area (Å²) in [6, 6.07) is 6.97. The van der Waals surface area contributed by atoms with Crippen LogP contribution in [0.3, 0.4) is 0 Å². The van der Waals surface area contributed by atoms with E-state index in [1.165, 1.54) is 24.1 Å². The van der Waals surface area contributed by atoms with Crippen LogP contribution in [0.15, 0.2) is 39.7 Å². The van der Waals surface area contributed by atoms with Crippen LogP contribution in [0.4, 0.5) is 0 Å². The third kappa shape index (κ3) is 2.73. The predicted octanol–water partition coefficient (Wildman–Crippen LogP) is 2.09. The van der Waals surface area contributed by atoms with E-state index >= 15 is 0 Å². The molecule has 0 unspecified atom stereocenters. The first-order valence-electron chi connectivity index (χ1n) is 5.48. The second-order valence-electron chi connectivity index (χ2n) is 3.92. The fourth-order valence-corrected chi connectivity index (χ4v) is 2.25. The molecule has 0 bridgehead atoms. The summed E-state index contributed by atoms with van der Waals surface area (Å²) in [6.07, 6.45) is 1.50. The van der Waals surface area contributed by atoms with Gasteiger partial charge < -0.3 is 4.74 Å². The van der Waals surface area contributed by atoms with Gasteiger partial charge in [-0.2, -0.15) is 5.10 Å². The van der Waals surface area contributed by atoms with Crippen LogP contribution in [-0.4, -0.2) is 22.9 Å². The number of hydrogen-bond donors (Lipinski definition) is 0. The molecule has 19 heavy (non-hydrogen) atoms. The van der Waals surface area contributed by atoms with E-state index in [1.54, 1.807) is 0 Å². The molecule has 1 heterocycles. The molecular formula is C13H11BrN2O3. The summed E-state index contributed by atoms with van der Waals surface area (Å²) in [5.74, 6) is -0.748. The summed E-state index contributed by atoms with van der Waals surface area (Å²) in [6.45, 7) is 1.97. The van der Waals surface area contributed by atoms with Crippen LogP contribution < -0.4 is 5.43 Å². The molecule has 0 aliphatic heterocycles. The van der Waals surface area contributed by atoms with Gasteiger partial charge in [-0.25, -0.2) is 9.48 Å². The molecule has 2 rings (SSSR count). The standard InChI is InChI=1S/C13H11BrN2O3/c1-8-3-4-10(9(14)7-8)16-6-5-11(17)12(15-16)13(18)19-2/h3-7H,1-2H3. The highest BCUT2D eigenvalue weighted by Crippen LogP contribution is 2.21. The molecule has 0 aliphatic carbocycles. The van der Waals surface area contributed by atoms with Gasteiger partial charge in [0.2, 0.25) is 11.1 Å². The molecular weight excluding hydrogens is 312 g/mol. The molecule has 0 saturated heterocycles. The zero-order valence-electron chi connectivity index (χ0n) is 10.4. The number of aromatic nitrogens is 2. The van der Waals surface area contributed by atoms with Gasteiger partial charge in [0, 0.05) is 16.7 Å². The van der Waals surface area contributed by atoms with Crippen molar-refractivity contribution in [2.45, 2.75) is 6.92 Å². The Balaban J connectivity index is 2.57. The zero-order chi connectivity index (χ0) is 14.0. The Morgan fingerprint density at radius 3 is 2.74 bits per heavy atom. The number of nitrogens with zero attached hydrogens (tertiary/aromatic N) is 2. The van der Waals surface area contributed by atoms with Crippen molar-refractivity contribution in [2.24, 2.45) is 0 Å². The van der Waals surface area contributed by atoms with Crippen LogP contribution in [0, 0.1) is 6.92 Å². The molecule has 0 radical (unpaired) electrons. The van der Waals surface area contributed by atoms with Crippen LogP contribution in [0.25, 0.3) is 5.69 Å². The summed E-state index contributed by atoms with van der Waals surface area (Å²) in [4.78, 5) is 23.0. The Morgan fingerprint density at radius 2 is 2.11 bits per heavy atom. The maximum absolute atomic E-state index is 11.6. The fraction of sp³-hybridized carbons (Fsp3) is 0.154. The number of aryl methyl sites for hydroxylation is 1. The first kappa shape index (κ1) is 13.5. The summed E-state index contributed by atoms with van der Waals surface area (Å²) in [7, 11) is 1.21. The minimum Gasteiger partial charge on any atom is -0.464 e. The Hall–Kier alpha value is -1.95. The van der Waals surface area contributed by atoms with Gasteiger partial charge in [0.05, 0.1) is 12.8 Å². The van der Waals surface area contributed by atoms with E-state index in [0.717, 1.165) is 15.7 Å². The molecule has 0 saturated carbocycles. The Bertz CT molecular complexity index is 695. The van der Waals surface area contributed by atoms with Crippen molar-refractivity contribution in [1.29, 1.82) is 0 Å². The number of carbonyl (C=O) groups excluding carboxylic acids is 1. The lowest BCUT2D eigenvalue weighted by atomic mass is 10.2. The number of ether oxygens (including phenoxy) is 1. The van der Waals surface area contributed by atoms with Crippen LogP contribution in [0.1, 0.15) is 16.1 Å². The third-order valence-electron chi connectivity index (χ3n) is 2.54. The van der Waals surface area contributed by atoms with Crippen LogP contribution in [0.2, 0.25) is 0 Å². The molecule has 1 aromatic heterocycles. The van der Waals surface area contributed by atoms with Gasteiger partial charge in [-0.3, -0.25) is 4.79 Å². The highest BCUT2D eigenvalue weighted by Gasteiger charge is 2.14. The molecule has 6 heteroatoms.